The van der Waals surface area contributed by atoms with Crippen LogP contribution in [0.1, 0.15) is 5.56 Å². The summed E-state index contributed by atoms with van der Waals surface area (Å²) >= 11 is 0. The standard InChI is InChI=1S/C7H6O4Si/c1-4-5(8)2-3-6-7(4)11-12(9)10-6/h2-3,8H,1H3. The summed E-state index contributed by atoms with van der Waals surface area (Å²) in [5, 5.41) is 9.24. The van der Waals surface area contributed by atoms with E-state index in [4.69, 9.17) is 8.19 Å². The smallest absolute Gasteiger partial charge is 0.508 e. The van der Waals surface area contributed by atoms with Crippen LogP contribution in [0.4, 0.5) is 0 Å². The minimum absolute atomic E-state index is 0.119. The van der Waals surface area contributed by atoms with Crippen LogP contribution in [0, 0.1) is 6.92 Å². The molecule has 5 heteroatoms. The summed E-state index contributed by atoms with van der Waals surface area (Å²) in [5.74, 6) is 0.119. The van der Waals surface area contributed by atoms with Crippen LogP contribution < -0.4 is 0 Å². The van der Waals surface area contributed by atoms with Crippen molar-refractivity contribution in [3.05, 3.63) is 17.7 Å². The minimum Gasteiger partial charge on any atom is -0.508 e. The molecule has 0 fully saturated rings. The Morgan fingerprint density at radius 1 is 1.42 bits per heavy atom. The first-order valence-corrected chi connectivity index (χ1v) is 4.63. The van der Waals surface area contributed by atoms with E-state index in [9.17, 15) is 9.57 Å². The second-order valence-electron chi connectivity index (χ2n) is 2.49. The molecule has 0 aliphatic carbocycles. The number of aryl methyl sites for hydroxylation is 1. The molecular formula is C7H6O4Si. The molecule has 1 heterocycles. The molecule has 0 radical (unpaired) electrons. The zero-order valence-corrected chi connectivity index (χ0v) is 7.33. The Morgan fingerprint density at radius 2 is 2.17 bits per heavy atom. The molecule has 0 aliphatic rings. The lowest BCUT2D eigenvalue weighted by Crippen LogP contribution is -1.74. The summed E-state index contributed by atoms with van der Waals surface area (Å²) in [6, 6.07) is 3.02. The lowest BCUT2D eigenvalue weighted by Gasteiger charge is -1.95. The van der Waals surface area contributed by atoms with Gasteiger partial charge in [-0.05, 0) is 19.1 Å². The molecule has 2 aromatic rings. The molecule has 0 aliphatic heterocycles. The largest absolute Gasteiger partial charge is 0.778 e. The van der Waals surface area contributed by atoms with E-state index >= 15 is 0 Å². The summed E-state index contributed by atoms with van der Waals surface area (Å²) in [6.07, 6.45) is 0. The van der Waals surface area contributed by atoms with E-state index in [1.807, 2.05) is 0 Å². The summed E-state index contributed by atoms with van der Waals surface area (Å²) < 4.78 is 20.6. The lowest BCUT2D eigenvalue weighted by atomic mass is 10.2. The number of phenolic OH excluding ortho intramolecular Hbond substituents is 1. The Labute approximate surface area is 68.9 Å². The first-order valence-electron chi connectivity index (χ1n) is 3.40. The van der Waals surface area contributed by atoms with Crippen molar-refractivity contribution in [2.75, 3.05) is 0 Å². The normalized spacial score (nSPS) is 10.8. The molecule has 2 rings (SSSR count). The van der Waals surface area contributed by atoms with Crippen molar-refractivity contribution in [1.29, 1.82) is 0 Å². The van der Waals surface area contributed by atoms with Crippen molar-refractivity contribution in [1.82, 2.24) is 0 Å². The third-order valence-corrected chi connectivity index (χ3v) is 2.48. The van der Waals surface area contributed by atoms with Crippen LogP contribution in [-0.4, -0.2) is 13.9 Å². The molecule has 1 N–H and O–H groups in total. The highest BCUT2D eigenvalue weighted by atomic mass is 28.2. The fourth-order valence-electron chi connectivity index (χ4n) is 1.06. The number of hydrogen-bond acceptors (Lipinski definition) is 4. The predicted octanol–water partition coefficient (Wildman–Crippen LogP) is 1.54. The summed E-state index contributed by atoms with van der Waals surface area (Å²) in [5.41, 5.74) is 1.39. The average molecular weight is 182 g/mol. The highest BCUT2D eigenvalue weighted by molar-refractivity contribution is 6.17. The van der Waals surface area contributed by atoms with E-state index in [-0.39, 0.29) is 5.75 Å². The molecule has 1 aromatic carbocycles. The number of fused-ring (bicyclic) bond motifs is 1. The number of hydrogen-bond donors (Lipinski definition) is 1. The van der Waals surface area contributed by atoms with Gasteiger partial charge in [0.1, 0.15) is 5.75 Å². The maximum Gasteiger partial charge on any atom is 0.778 e. The van der Waals surface area contributed by atoms with E-state index in [1.165, 1.54) is 12.1 Å². The topological polar surface area (TPSA) is 63.6 Å². The van der Waals surface area contributed by atoms with Gasteiger partial charge in [-0.2, -0.15) is 0 Å². The van der Waals surface area contributed by atoms with Crippen molar-refractivity contribution < 1.29 is 17.8 Å². The van der Waals surface area contributed by atoms with Gasteiger partial charge in [0.05, 0.1) is 0 Å². The SMILES string of the molecule is Cc1c(O)ccc2o[si](=O)oc12. The van der Waals surface area contributed by atoms with Crippen LogP contribution in [0.3, 0.4) is 0 Å². The Hall–Kier alpha value is -1.36. The average Bonchev–Trinajstić information content (AvgIpc) is 2.39. The molecular weight excluding hydrogens is 176 g/mol. The highest BCUT2D eigenvalue weighted by Gasteiger charge is 2.09. The first kappa shape index (κ1) is 7.29. The summed E-state index contributed by atoms with van der Waals surface area (Å²) in [7, 11) is -2.41. The molecule has 1 aromatic heterocycles. The molecule has 0 saturated carbocycles. The summed E-state index contributed by atoms with van der Waals surface area (Å²) in [4.78, 5) is 0. The molecule has 0 saturated heterocycles. The molecule has 0 atom stereocenters. The molecule has 0 bridgehead atoms. The Bertz CT molecular complexity index is 482. The van der Waals surface area contributed by atoms with Gasteiger partial charge in [0.25, 0.3) is 0 Å². The predicted molar refractivity (Wildman–Crippen MR) is 41.3 cm³/mol. The third kappa shape index (κ3) is 0.902. The zero-order valence-electron chi connectivity index (χ0n) is 6.33. The van der Waals surface area contributed by atoms with Crippen molar-refractivity contribution in [3.8, 4) is 5.75 Å². The fraction of sp³-hybridized carbons (Fsp3) is 0.143. The number of phenols is 1. The van der Waals surface area contributed by atoms with E-state index in [2.05, 4.69) is 0 Å². The maximum atomic E-state index is 10.8. The second kappa shape index (κ2) is 2.31. The van der Waals surface area contributed by atoms with Gasteiger partial charge in [-0.25, -0.2) is 0 Å². The fourth-order valence-corrected chi connectivity index (χ4v) is 1.86. The maximum absolute atomic E-state index is 10.8. The number of rotatable bonds is 0. The highest BCUT2D eigenvalue weighted by Crippen LogP contribution is 2.25. The van der Waals surface area contributed by atoms with Crippen LogP contribution in [0.2, 0.25) is 0 Å². The zero-order chi connectivity index (χ0) is 8.72. The number of aromatic hydroxyl groups is 1. The second-order valence-corrected chi connectivity index (χ2v) is 3.40. The van der Waals surface area contributed by atoms with E-state index in [0.717, 1.165) is 0 Å². The van der Waals surface area contributed by atoms with E-state index in [1.54, 1.807) is 6.92 Å². The van der Waals surface area contributed by atoms with Gasteiger partial charge < -0.3 is 13.3 Å². The lowest BCUT2D eigenvalue weighted by molar-refractivity contribution is 0.469. The van der Waals surface area contributed by atoms with Crippen molar-refractivity contribution >= 4 is 20.0 Å². The third-order valence-electron chi connectivity index (χ3n) is 1.72. The monoisotopic (exact) mass is 182 g/mol. The van der Waals surface area contributed by atoms with Crippen LogP contribution in [0.15, 0.2) is 20.3 Å². The molecule has 12 heavy (non-hydrogen) atoms. The van der Waals surface area contributed by atoms with Gasteiger partial charge in [-0.15, -0.1) is 0 Å². The van der Waals surface area contributed by atoms with Crippen molar-refractivity contribution in [2.45, 2.75) is 6.92 Å². The van der Waals surface area contributed by atoms with Gasteiger partial charge in [0.15, 0.2) is 11.2 Å². The molecule has 0 amide bonds. The minimum atomic E-state index is -2.41. The Morgan fingerprint density at radius 3 is 2.92 bits per heavy atom. The van der Waals surface area contributed by atoms with Crippen LogP contribution in [0.5, 0.6) is 5.75 Å². The number of benzene rings is 1. The van der Waals surface area contributed by atoms with Gasteiger partial charge in [0.2, 0.25) is 0 Å². The van der Waals surface area contributed by atoms with Crippen molar-refractivity contribution in [2.24, 2.45) is 0 Å². The van der Waals surface area contributed by atoms with Crippen LogP contribution >= 0.6 is 0 Å². The summed E-state index contributed by atoms with van der Waals surface area (Å²) in [6.45, 7) is 1.68. The van der Waals surface area contributed by atoms with Gasteiger partial charge in [-0.3, -0.25) is 4.46 Å². The van der Waals surface area contributed by atoms with Gasteiger partial charge in [0, 0.05) is 5.56 Å². The van der Waals surface area contributed by atoms with Crippen molar-refractivity contribution in [3.63, 3.8) is 0 Å². The van der Waals surface area contributed by atoms with Gasteiger partial charge >= 0.3 is 8.80 Å². The molecule has 0 spiro atoms. The van der Waals surface area contributed by atoms with Crippen LogP contribution in [-0.2, 0) is 4.46 Å². The molecule has 62 valence electrons. The quantitative estimate of drug-likeness (QED) is 0.628. The Kier molecular flexibility index (Phi) is 1.40. The van der Waals surface area contributed by atoms with Gasteiger partial charge in [-0.1, -0.05) is 0 Å². The molecule has 0 unspecified atom stereocenters. The van der Waals surface area contributed by atoms with Crippen LogP contribution in [0.25, 0.3) is 11.2 Å². The Balaban J connectivity index is 2.99. The van der Waals surface area contributed by atoms with E-state index in [0.29, 0.717) is 16.7 Å². The molecule has 4 nitrogen and oxygen atoms in total. The first-order chi connectivity index (χ1) is 5.68. The van der Waals surface area contributed by atoms with E-state index < -0.39 is 8.80 Å².